The highest BCUT2D eigenvalue weighted by Gasteiger charge is 2.20. The van der Waals surface area contributed by atoms with Gasteiger partial charge in [0.1, 0.15) is 0 Å². The van der Waals surface area contributed by atoms with Gasteiger partial charge in [-0.15, -0.1) is 16.4 Å². The minimum Gasteiger partial charge on any atom is -0.135 e. The predicted molar refractivity (Wildman–Crippen MR) is 122 cm³/mol. The number of hydrogen-bond donors (Lipinski definition) is 0. The first-order valence-corrected chi connectivity index (χ1v) is 11.8. The van der Waals surface area contributed by atoms with Crippen LogP contribution in [0.25, 0.3) is 0 Å². The van der Waals surface area contributed by atoms with Gasteiger partial charge in [0.15, 0.2) is 0 Å². The number of rotatable bonds is 4. The quantitative estimate of drug-likeness (QED) is 0.430. The molecule has 2 heterocycles. The Morgan fingerprint density at radius 3 is 1.27 bits per heavy atom. The minimum absolute atomic E-state index is 0.509. The second kappa shape index (κ2) is 7.42. The van der Waals surface area contributed by atoms with Gasteiger partial charge in [-0.05, 0) is 108 Å². The molecule has 2 heteroatoms. The average Bonchev–Trinajstić information content (AvgIpc) is 3.10. The molecule has 0 aliphatic rings. The van der Waals surface area contributed by atoms with Crippen LogP contribution in [-0.4, -0.2) is 0 Å². The van der Waals surface area contributed by atoms with E-state index >= 15 is 0 Å². The van der Waals surface area contributed by atoms with Crippen molar-refractivity contribution in [1.82, 2.24) is 0 Å². The molecule has 0 aliphatic heterocycles. The Balaban J connectivity index is 2.07. The van der Waals surface area contributed by atoms with Crippen molar-refractivity contribution in [2.45, 2.75) is 67.2 Å². The zero-order chi connectivity index (χ0) is 19.2. The fraction of sp³-hybridized carbons (Fsp3) is 0.417. The zero-order valence-electron chi connectivity index (χ0n) is 17.5. The monoisotopic (exact) mass is 382 g/mol. The summed E-state index contributed by atoms with van der Waals surface area (Å²) in [6.07, 6.45) is 0. The molecule has 0 amide bonds. The van der Waals surface area contributed by atoms with Crippen LogP contribution in [-0.2, 0) is 0 Å². The molecule has 26 heavy (non-hydrogen) atoms. The highest BCUT2D eigenvalue weighted by molar-refractivity contribution is 7.30. The molecule has 0 saturated carbocycles. The molecule has 4 unspecified atom stereocenters. The maximum absolute atomic E-state index is 2.52. The molecule has 0 bridgehead atoms. The molecule has 0 nitrogen and oxygen atoms in total. The third kappa shape index (κ3) is 3.35. The van der Waals surface area contributed by atoms with Crippen LogP contribution in [0.15, 0.2) is 23.7 Å². The highest BCUT2D eigenvalue weighted by Crippen LogP contribution is 2.41. The van der Waals surface area contributed by atoms with Gasteiger partial charge in [-0.1, -0.05) is 26.0 Å². The molecule has 138 valence electrons. The summed E-state index contributed by atoms with van der Waals surface area (Å²) < 4.78 is 0. The molecule has 2 aromatic heterocycles. The van der Waals surface area contributed by atoms with Gasteiger partial charge >= 0.3 is 0 Å². The standard InChI is InChI=1S/C24H32P2/c1-13-9-14(2)22(20(8)24-18(6)16(4)12-26-24)10-21(13)19(7)23-17(5)15(3)11-25-23/h9-12,19-20,25-26H,1-8H3. The topological polar surface area (TPSA) is 0 Å². The molecule has 0 saturated heterocycles. The smallest absolute Gasteiger partial charge is 0.0101 e. The number of hydrogen-bond acceptors (Lipinski definition) is 0. The maximum atomic E-state index is 2.52. The molecular formula is C24H32P2. The number of benzene rings is 1. The van der Waals surface area contributed by atoms with Gasteiger partial charge in [0.05, 0.1) is 0 Å². The van der Waals surface area contributed by atoms with E-state index in [1.807, 2.05) is 0 Å². The van der Waals surface area contributed by atoms with Gasteiger partial charge in [-0.25, -0.2) is 0 Å². The van der Waals surface area contributed by atoms with Gasteiger partial charge in [0.2, 0.25) is 0 Å². The third-order valence-corrected chi connectivity index (χ3v) is 9.73. The van der Waals surface area contributed by atoms with Crippen molar-refractivity contribution in [1.29, 1.82) is 0 Å². The van der Waals surface area contributed by atoms with E-state index < -0.39 is 0 Å². The van der Waals surface area contributed by atoms with E-state index in [4.69, 9.17) is 0 Å². The second-order valence-electron chi connectivity index (χ2n) is 8.03. The van der Waals surface area contributed by atoms with Gasteiger partial charge in [-0.2, -0.15) is 0 Å². The number of aryl methyl sites for hydroxylation is 4. The average molecular weight is 382 g/mol. The molecule has 0 aliphatic carbocycles. The summed E-state index contributed by atoms with van der Waals surface area (Å²) in [4.78, 5) is 0. The lowest BCUT2D eigenvalue weighted by molar-refractivity contribution is 0.882. The third-order valence-electron chi connectivity index (χ3n) is 6.33. The van der Waals surface area contributed by atoms with E-state index in [2.05, 4.69) is 79.1 Å². The first-order chi connectivity index (χ1) is 12.2. The van der Waals surface area contributed by atoms with Crippen molar-refractivity contribution < 1.29 is 0 Å². The molecule has 0 N–H and O–H groups in total. The highest BCUT2D eigenvalue weighted by atomic mass is 31.0. The van der Waals surface area contributed by atoms with Crippen molar-refractivity contribution in [2.24, 2.45) is 0 Å². The fourth-order valence-electron chi connectivity index (χ4n) is 4.26. The molecule has 3 aromatic rings. The van der Waals surface area contributed by atoms with Crippen LogP contribution in [0.5, 0.6) is 0 Å². The van der Waals surface area contributed by atoms with Crippen molar-refractivity contribution in [3.8, 4) is 0 Å². The Morgan fingerprint density at radius 2 is 0.962 bits per heavy atom. The summed E-state index contributed by atoms with van der Waals surface area (Å²) in [7, 11) is 1.70. The van der Waals surface area contributed by atoms with Crippen molar-refractivity contribution in [3.63, 3.8) is 0 Å². The van der Waals surface area contributed by atoms with Crippen molar-refractivity contribution in [3.05, 3.63) is 78.8 Å². The van der Waals surface area contributed by atoms with Gasteiger partial charge in [0, 0.05) is 11.8 Å². The zero-order valence-corrected chi connectivity index (χ0v) is 19.5. The van der Waals surface area contributed by atoms with Crippen LogP contribution in [0.1, 0.15) is 80.8 Å². The van der Waals surface area contributed by atoms with Gasteiger partial charge in [-0.3, -0.25) is 0 Å². The van der Waals surface area contributed by atoms with Gasteiger partial charge < -0.3 is 0 Å². The normalized spacial score (nSPS) is 14.5. The van der Waals surface area contributed by atoms with Crippen molar-refractivity contribution >= 4 is 16.4 Å². The predicted octanol–water partition coefficient (Wildman–Crippen LogP) is 7.90. The Labute approximate surface area is 162 Å². The molecular weight excluding hydrogens is 350 g/mol. The van der Waals surface area contributed by atoms with E-state index in [0.29, 0.717) is 11.8 Å². The van der Waals surface area contributed by atoms with E-state index in [1.54, 1.807) is 10.6 Å². The molecule has 3 rings (SSSR count). The lowest BCUT2D eigenvalue weighted by Crippen LogP contribution is -2.05. The van der Waals surface area contributed by atoms with Crippen LogP contribution in [0, 0.1) is 41.5 Å². The lowest BCUT2D eigenvalue weighted by Gasteiger charge is -2.22. The molecule has 4 atom stereocenters. The summed E-state index contributed by atoms with van der Waals surface area (Å²) >= 11 is 0. The Kier molecular flexibility index (Phi) is 5.58. The largest absolute Gasteiger partial charge is 0.135 e. The Hall–Kier alpha value is -1.22. The fourth-order valence-corrected chi connectivity index (χ4v) is 7.08. The summed E-state index contributed by atoms with van der Waals surface area (Å²) in [5.74, 6) is 5.84. The van der Waals surface area contributed by atoms with E-state index in [-0.39, 0.29) is 0 Å². The van der Waals surface area contributed by atoms with Crippen LogP contribution >= 0.6 is 16.4 Å². The van der Waals surface area contributed by atoms with E-state index in [1.165, 1.54) is 44.5 Å². The van der Waals surface area contributed by atoms with E-state index in [0.717, 1.165) is 16.4 Å². The SMILES string of the molecule is Cc1cc(C)c(C(C)c2[pH]cc(C)c2C)cc1C(C)c1[pH]cc(C)c1C. The van der Waals surface area contributed by atoms with Crippen LogP contribution in [0.2, 0.25) is 0 Å². The lowest BCUT2D eigenvalue weighted by atomic mass is 9.85. The Morgan fingerprint density at radius 1 is 0.577 bits per heavy atom. The summed E-state index contributed by atoms with van der Waals surface area (Å²) in [6, 6.07) is 4.94. The minimum atomic E-state index is 0.509. The van der Waals surface area contributed by atoms with Crippen LogP contribution < -0.4 is 0 Å². The summed E-state index contributed by atoms with van der Waals surface area (Å²) in [6.45, 7) is 18.5. The molecule has 1 aromatic carbocycles. The van der Waals surface area contributed by atoms with Crippen molar-refractivity contribution in [2.75, 3.05) is 0 Å². The summed E-state index contributed by atoms with van der Waals surface area (Å²) in [5, 5.41) is 3.26. The molecule has 0 radical (unpaired) electrons. The van der Waals surface area contributed by atoms with E-state index in [9.17, 15) is 0 Å². The van der Waals surface area contributed by atoms with Gasteiger partial charge in [0.25, 0.3) is 0 Å². The molecule has 0 fully saturated rings. The Bertz CT molecular complexity index is 866. The second-order valence-corrected chi connectivity index (χ2v) is 10.3. The summed E-state index contributed by atoms with van der Waals surface area (Å²) in [5.41, 5.74) is 11.9. The van der Waals surface area contributed by atoms with Crippen LogP contribution in [0.3, 0.4) is 0 Å². The van der Waals surface area contributed by atoms with Crippen LogP contribution in [0.4, 0.5) is 0 Å². The first-order valence-electron chi connectivity index (χ1n) is 9.62. The molecule has 0 spiro atoms. The first kappa shape index (κ1) is 19.5. The maximum Gasteiger partial charge on any atom is 0.0101 e.